The van der Waals surface area contributed by atoms with Crippen molar-refractivity contribution in [2.24, 2.45) is 0 Å². The lowest BCUT2D eigenvalue weighted by molar-refractivity contribution is 0.102. The Bertz CT molecular complexity index is 540. The topological polar surface area (TPSA) is 42.0 Å². The molecule has 2 aromatic rings. The monoisotopic (exact) mass is 290 g/mol. The van der Waals surface area contributed by atoms with Crippen LogP contribution in [0.25, 0.3) is 0 Å². The molecule has 0 saturated heterocycles. The van der Waals surface area contributed by atoms with E-state index >= 15 is 0 Å². The number of carbonyl (C=O) groups is 1. The average molecular weight is 291 g/mol. The smallest absolute Gasteiger partial charge is 0.256 e. The van der Waals surface area contributed by atoms with Crippen LogP contribution in [0.4, 0.5) is 5.82 Å². The van der Waals surface area contributed by atoms with Gasteiger partial charge >= 0.3 is 0 Å². The molecule has 0 aliphatic carbocycles. The van der Waals surface area contributed by atoms with Gasteiger partial charge in [0.1, 0.15) is 5.82 Å². The molecule has 0 atom stereocenters. The average Bonchev–Trinajstić information content (AvgIpc) is 2.34. The van der Waals surface area contributed by atoms with Crippen molar-refractivity contribution >= 4 is 27.7 Å². The van der Waals surface area contributed by atoms with E-state index in [1.54, 1.807) is 30.5 Å². The van der Waals surface area contributed by atoms with Gasteiger partial charge in [-0.15, -0.1) is 0 Å². The molecule has 0 aliphatic rings. The highest BCUT2D eigenvalue weighted by Gasteiger charge is 2.07. The maximum atomic E-state index is 11.9. The second-order valence-corrected chi connectivity index (χ2v) is 4.49. The van der Waals surface area contributed by atoms with Crippen LogP contribution in [0, 0.1) is 6.92 Å². The first-order valence-corrected chi connectivity index (χ1v) is 5.94. The van der Waals surface area contributed by atoms with Crippen molar-refractivity contribution in [3.8, 4) is 0 Å². The van der Waals surface area contributed by atoms with Gasteiger partial charge in [-0.1, -0.05) is 28.1 Å². The number of nitrogens with zero attached hydrogens (tertiary/aromatic N) is 1. The Kier molecular flexibility index (Phi) is 3.54. The lowest BCUT2D eigenvalue weighted by Crippen LogP contribution is -2.12. The molecule has 1 N–H and O–H groups in total. The minimum atomic E-state index is -0.163. The maximum Gasteiger partial charge on any atom is 0.256 e. The summed E-state index contributed by atoms with van der Waals surface area (Å²) in [5.41, 5.74) is 1.70. The highest BCUT2D eigenvalue weighted by molar-refractivity contribution is 9.10. The molecule has 1 heterocycles. The lowest BCUT2D eigenvalue weighted by atomic mass is 10.1. The molecular weight excluding hydrogens is 280 g/mol. The van der Waals surface area contributed by atoms with Gasteiger partial charge in [-0.25, -0.2) is 4.98 Å². The molecule has 0 fully saturated rings. The van der Waals surface area contributed by atoms with Crippen LogP contribution in [0.15, 0.2) is 47.1 Å². The van der Waals surface area contributed by atoms with E-state index < -0.39 is 0 Å². The molecule has 0 aliphatic heterocycles. The number of pyridine rings is 1. The number of halogens is 1. The number of benzene rings is 1. The van der Waals surface area contributed by atoms with Crippen LogP contribution < -0.4 is 5.32 Å². The maximum absolute atomic E-state index is 11.9. The summed E-state index contributed by atoms with van der Waals surface area (Å²) >= 11 is 3.40. The lowest BCUT2D eigenvalue weighted by Gasteiger charge is -2.05. The van der Waals surface area contributed by atoms with Crippen molar-refractivity contribution in [1.82, 2.24) is 4.98 Å². The fraction of sp³-hybridized carbons (Fsp3) is 0.0769. The molecule has 86 valence electrons. The van der Waals surface area contributed by atoms with E-state index in [2.05, 4.69) is 26.2 Å². The molecule has 0 unspecified atom stereocenters. The van der Waals surface area contributed by atoms with Crippen LogP contribution in [0.3, 0.4) is 0 Å². The summed E-state index contributed by atoms with van der Waals surface area (Å²) in [5.74, 6) is 0.388. The van der Waals surface area contributed by atoms with Crippen LogP contribution in [0.2, 0.25) is 0 Å². The molecule has 0 saturated carbocycles. The Morgan fingerprint density at radius 3 is 2.76 bits per heavy atom. The summed E-state index contributed by atoms with van der Waals surface area (Å²) in [6, 6.07) is 10.9. The Hall–Kier alpha value is -1.68. The molecule has 3 nitrogen and oxygen atoms in total. The highest BCUT2D eigenvalue weighted by atomic mass is 79.9. The van der Waals surface area contributed by atoms with Crippen LogP contribution in [0.5, 0.6) is 0 Å². The summed E-state index contributed by atoms with van der Waals surface area (Å²) in [6.45, 7) is 1.98. The minimum Gasteiger partial charge on any atom is -0.307 e. The molecule has 17 heavy (non-hydrogen) atoms. The third-order valence-electron chi connectivity index (χ3n) is 2.34. The summed E-state index contributed by atoms with van der Waals surface area (Å²) in [5, 5.41) is 2.73. The Balaban J connectivity index is 2.18. The first-order valence-electron chi connectivity index (χ1n) is 5.15. The standard InChI is InChI=1S/C13H11BrN2O/c1-9-5-6-10(8-11(9)14)13(17)16-12-4-2-3-7-15-12/h2-8H,1H3,(H,15,16,17). The van der Waals surface area contributed by atoms with Crippen LogP contribution in [-0.4, -0.2) is 10.9 Å². The van der Waals surface area contributed by atoms with Gasteiger partial charge in [-0.3, -0.25) is 4.79 Å². The number of carbonyl (C=O) groups excluding carboxylic acids is 1. The molecule has 0 radical (unpaired) electrons. The number of amides is 1. The highest BCUT2D eigenvalue weighted by Crippen LogP contribution is 2.18. The van der Waals surface area contributed by atoms with Crippen molar-refractivity contribution in [2.75, 3.05) is 5.32 Å². The second kappa shape index (κ2) is 5.10. The summed E-state index contributed by atoms with van der Waals surface area (Å²) < 4.78 is 0.922. The number of hydrogen-bond donors (Lipinski definition) is 1. The van der Waals surface area contributed by atoms with Gasteiger partial charge in [0.05, 0.1) is 0 Å². The van der Waals surface area contributed by atoms with E-state index in [1.807, 2.05) is 19.1 Å². The molecule has 0 bridgehead atoms. The minimum absolute atomic E-state index is 0.163. The van der Waals surface area contributed by atoms with Crippen molar-refractivity contribution in [2.45, 2.75) is 6.92 Å². The van der Waals surface area contributed by atoms with Crippen molar-refractivity contribution in [3.05, 3.63) is 58.2 Å². The molecule has 4 heteroatoms. The van der Waals surface area contributed by atoms with E-state index in [9.17, 15) is 4.79 Å². The van der Waals surface area contributed by atoms with Crippen LogP contribution >= 0.6 is 15.9 Å². The van der Waals surface area contributed by atoms with Crippen LogP contribution in [0.1, 0.15) is 15.9 Å². The normalized spacial score (nSPS) is 10.0. The van der Waals surface area contributed by atoms with Gasteiger partial charge in [-0.2, -0.15) is 0 Å². The number of rotatable bonds is 2. The molecule has 1 aromatic heterocycles. The van der Waals surface area contributed by atoms with Crippen molar-refractivity contribution in [3.63, 3.8) is 0 Å². The fourth-order valence-corrected chi connectivity index (χ4v) is 1.74. The van der Waals surface area contributed by atoms with E-state index in [4.69, 9.17) is 0 Å². The largest absolute Gasteiger partial charge is 0.307 e. The van der Waals surface area contributed by atoms with Gasteiger partial charge in [0, 0.05) is 16.2 Å². The number of anilines is 1. The van der Waals surface area contributed by atoms with Gasteiger partial charge < -0.3 is 5.32 Å². The van der Waals surface area contributed by atoms with Gasteiger partial charge in [-0.05, 0) is 36.8 Å². The Labute approximate surface area is 108 Å². The zero-order valence-corrected chi connectivity index (χ0v) is 10.9. The van der Waals surface area contributed by atoms with Gasteiger partial charge in [0.2, 0.25) is 0 Å². The molecule has 2 rings (SSSR count). The fourth-order valence-electron chi connectivity index (χ4n) is 1.36. The van der Waals surface area contributed by atoms with E-state index in [1.165, 1.54) is 0 Å². The van der Waals surface area contributed by atoms with E-state index in [0.29, 0.717) is 11.4 Å². The third kappa shape index (κ3) is 2.91. The molecule has 0 spiro atoms. The van der Waals surface area contributed by atoms with Crippen LogP contribution in [-0.2, 0) is 0 Å². The first-order chi connectivity index (χ1) is 8.16. The predicted molar refractivity (Wildman–Crippen MR) is 71.1 cm³/mol. The quantitative estimate of drug-likeness (QED) is 0.921. The zero-order chi connectivity index (χ0) is 12.3. The SMILES string of the molecule is Cc1ccc(C(=O)Nc2ccccn2)cc1Br. The first kappa shape index (κ1) is 11.8. The van der Waals surface area contributed by atoms with E-state index in [0.717, 1.165) is 10.0 Å². The van der Waals surface area contributed by atoms with E-state index in [-0.39, 0.29) is 5.91 Å². The molecular formula is C13H11BrN2O. The number of nitrogens with one attached hydrogen (secondary N) is 1. The molecule has 1 aromatic carbocycles. The molecule has 1 amide bonds. The third-order valence-corrected chi connectivity index (χ3v) is 3.19. The Morgan fingerprint density at radius 1 is 1.29 bits per heavy atom. The summed E-state index contributed by atoms with van der Waals surface area (Å²) in [4.78, 5) is 15.9. The summed E-state index contributed by atoms with van der Waals surface area (Å²) in [7, 11) is 0. The zero-order valence-electron chi connectivity index (χ0n) is 9.27. The second-order valence-electron chi connectivity index (χ2n) is 3.63. The van der Waals surface area contributed by atoms with Crippen molar-refractivity contribution < 1.29 is 4.79 Å². The number of hydrogen-bond acceptors (Lipinski definition) is 2. The predicted octanol–water partition coefficient (Wildman–Crippen LogP) is 3.40. The van der Waals surface area contributed by atoms with Gasteiger partial charge in [0.15, 0.2) is 0 Å². The number of aromatic nitrogens is 1. The number of aryl methyl sites for hydroxylation is 1. The van der Waals surface area contributed by atoms with Crippen molar-refractivity contribution in [1.29, 1.82) is 0 Å². The van der Waals surface area contributed by atoms with Gasteiger partial charge in [0.25, 0.3) is 5.91 Å². The Morgan fingerprint density at radius 2 is 2.12 bits per heavy atom. The summed E-state index contributed by atoms with van der Waals surface area (Å²) in [6.07, 6.45) is 1.64.